The van der Waals surface area contributed by atoms with E-state index in [1.54, 1.807) is 30.3 Å². The van der Waals surface area contributed by atoms with E-state index in [2.05, 4.69) is 10.1 Å². The lowest BCUT2D eigenvalue weighted by Gasteiger charge is -2.18. The molecule has 3 N–H and O–H groups in total. The molecule has 158 valence electrons. The summed E-state index contributed by atoms with van der Waals surface area (Å²) in [4.78, 5) is 37.1. The van der Waals surface area contributed by atoms with Crippen LogP contribution in [0, 0.1) is 5.41 Å². The van der Waals surface area contributed by atoms with Gasteiger partial charge in [-0.2, -0.15) is 0 Å². The van der Waals surface area contributed by atoms with Crippen LogP contribution >= 0.6 is 11.8 Å². The van der Waals surface area contributed by atoms with Crippen molar-refractivity contribution in [3.8, 4) is 0 Å². The van der Waals surface area contributed by atoms with E-state index in [0.29, 0.717) is 29.9 Å². The van der Waals surface area contributed by atoms with Gasteiger partial charge < -0.3 is 25.3 Å². The van der Waals surface area contributed by atoms with Crippen LogP contribution in [0.1, 0.15) is 18.9 Å². The number of hydrogen-bond acceptors (Lipinski definition) is 7. The van der Waals surface area contributed by atoms with Gasteiger partial charge in [-0.1, -0.05) is 18.2 Å². The van der Waals surface area contributed by atoms with Gasteiger partial charge in [-0.3, -0.25) is 9.69 Å². The fourth-order valence-corrected chi connectivity index (χ4v) is 3.98. The summed E-state index contributed by atoms with van der Waals surface area (Å²) in [7, 11) is 0. The molecule has 0 aromatic heterocycles. The summed E-state index contributed by atoms with van der Waals surface area (Å²) in [6.45, 7) is 2.11. The first-order valence-electron chi connectivity index (χ1n) is 9.08. The van der Waals surface area contributed by atoms with E-state index in [4.69, 9.17) is 15.3 Å². The van der Waals surface area contributed by atoms with Gasteiger partial charge in [0, 0.05) is 34.8 Å². The number of carbonyl (C=O) groups excluding carboxylic acids is 2. The topological polar surface area (TPSA) is 129 Å². The molecule has 10 heteroatoms. The van der Waals surface area contributed by atoms with Gasteiger partial charge in [0.15, 0.2) is 0 Å². The van der Waals surface area contributed by atoms with Gasteiger partial charge >= 0.3 is 12.2 Å². The number of hydrogen-bond donors (Lipinski definition) is 3. The van der Waals surface area contributed by atoms with Crippen molar-refractivity contribution in [2.24, 2.45) is 0 Å². The number of amides is 2. The molecule has 0 bridgehead atoms. The van der Waals surface area contributed by atoms with Gasteiger partial charge in [-0.15, -0.1) is 11.8 Å². The third-order valence-electron chi connectivity index (χ3n) is 4.70. The Bertz CT molecular complexity index is 954. The van der Waals surface area contributed by atoms with E-state index in [1.165, 1.54) is 16.7 Å². The molecule has 1 aliphatic heterocycles. The second-order valence-electron chi connectivity index (χ2n) is 6.62. The van der Waals surface area contributed by atoms with Crippen molar-refractivity contribution in [2.75, 3.05) is 17.7 Å². The summed E-state index contributed by atoms with van der Waals surface area (Å²) in [5, 5.41) is 19.5. The number of allylic oxidation sites excluding steroid dienone is 2. The number of nitrogens with zero attached hydrogens (tertiary/aromatic N) is 1. The second-order valence-corrected chi connectivity index (χ2v) is 7.43. The standard InChI is InChI=1S/C20H21N3O6S/c1-11-14(7-8-15(21)17(11)30-2)18(24)22-9-12-3-5-13(6-4-12)23-10-16(28-19(23)25)29-20(26)27/h3-7,16,21H,8-10H2,1-2H3,(H,22,24)(H,26,27). The van der Waals surface area contributed by atoms with Gasteiger partial charge in [0.25, 0.3) is 12.2 Å². The van der Waals surface area contributed by atoms with Crippen LogP contribution in [0.2, 0.25) is 0 Å². The molecule has 1 aromatic rings. The molecule has 1 unspecified atom stereocenters. The molecule has 1 aliphatic carbocycles. The minimum atomic E-state index is -1.51. The van der Waals surface area contributed by atoms with E-state index in [1.807, 2.05) is 13.2 Å². The Morgan fingerprint density at radius 1 is 1.37 bits per heavy atom. The molecule has 1 saturated heterocycles. The molecule has 2 amide bonds. The van der Waals surface area contributed by atoms with E-state index in [-0.39, 0.29) is 12.5 Å². The number of rotatable bonds is 6. The van der Waals surface area contributed by atoms with Crippen molar-refractivity contribution in [3.05, 3.63) is 52.0 Å². The number of nitrogens with one attached hydrogen (secondary N) is 2. The maximum Gasteiger partial charge on any atom is 0.508 e. The number of ether oxygens (including phenoxy) is 2. The molecule has 30 heavy (non-hydrogen) atoms. The number of anilines is 1. The molecule has 0 radical (unpaired) electrons. The van der Waals surface area contributed by atoms with Gasteiger partial charge in [-0.25, -0.2) is 9.59 Å². The number of thioether (sulfide) groups is 1. The molecule has 0 saturated carbocycles. The number of carbonyl (C=O) groups is 3. The molecule has 1 atom stereocenters. The lowest BCUT2D eigenvalue weighted by atomic mass is 9.97. The third-order valence-corrected chi connectivity index (χ3v) is 5.66. The Balaban J connectivity index is 1.60. The SMILES string of the molecule is CSC1=C(C)C(C(=O)NCc2ccc(N3CC(OC(=O)O)OC3=O)cc2)=CCC1=N. The van der Waals surface area contributed by atoms with Crippen molar-refractivity contribution in [3.63, 3.8) is 0 Å². The normalized spacial score (nSPS) is 18.8. The van der Waals surface area contributed by atoms with Crippen LogP contribution < -0.4 is 10.2 Å². The molecule has 0 spiro atoms. The van der Waals surface area contributed by atoms with Gasteiger partial charge in [-0.05, 0) is 36.4 Å². The molecule has 1 aromatic carbocycles. The fraction of sp³-hybridized carbons (Fsp3) is 0.300. The van der Waals surface area contributed by atoms with Crippen molar-refractivity contribution in [2.45, 2.75) is 26.2 Å². The Labute approximate surface area is 177 Å². The third kappa shape index (κ3) is 4.65. The predicted molar refractivity (Wildman–Crippen MR) is 112 cm³/mol. The molecular weight excluding hydrogens is 410 g/mol. The summed E-state index contributed by atoms with van der Waals surface area (Å²) in [6.07, 6.45) is 0.724. The first-order chi connectivity index (χ1) is 14.3. The fourth-order valence-electron chi connectivity index (χ4n) is 3.23. The average Bonchev–Trinajstić information content (AvgIpc) is 3.06. The highest BCUT2D eigenvalue weighted by atomic mass is 32.2. The summed E-state index contributed by atoms with van der Waals surface area (Å²) >= 11 is 1.47. The summed E-state index contributed by atoms with van der Waals surface area (Å²) in [6, 6.07) is 6.89. The van der Waals surface area contributed by atoms with Crippen LogP contribution in [0.15, 0.2) is 46.4 Å². The van der Waals surface area contributed by atoms with Crippen LogP contribution in [-0.2, 0) is 20.8 Å². The number of carboxylic acid groups (broad SMARTS) is 1. The maximum atomic E-state index is 12.6. The van der Waals surface area contributed by atoms with E-state index in [9.17, 15) is 14.4 Å². The molecule has 3 rings (SSSR count). The average molecular weight is 431 g/mol. The van der Waals surface area contributed by atoms with Crippen LogP contribution in [0.25, 0.3) is 0 Å². The number of cyclic esters (lactones) is 1. The summed E-state index contributed by atoms with van der Waals surface area (Å²) in [5.41, 5.74) is 3.26. The minimum Gasteiger partial charge on any atom is -0.450 e. The zero-order valence-corrected chi connectivity index (χ0v) is 17.2. The van der Waals surface area contributed by atoms with Crippen LogP contribution in [-0.4, -0.2) is 48.1 Å². The molecule has 1 heterocycles. The summed E-state index contributed by atoms with van der Waals surface area (Å²) < 4.78 is 9.32. The zero-order valence-electron chi connectivity index (χ0n) is 16.4. The first-order valence-corrected chi connectivity index (χ1v) is 10.3. The monoisotopic (exact) mass is 431 g/mol. The Morgan fingerprint density at radius 2 is 2.07 bits per heavy atom. The quantitative estimate of drug-likeness (QED) is 0.590. The Hall–Kier alpha value is -3.27. The van der Waals surface area contributed by atoms with Gasteiger partial charge in [0.2, 0.25) is 0 Å². The van der Waals surface area contributed by atoms with Gasteiger partial charge in [0.1, 0.15) is 6.54 Å². The molecule has 1 fully saturated rings. The smallest absolute Gasteiger partial charge is 0.450 e. The Kier molecular flexibility index (Phi) is 6.46. The number of benzene rings is 1. The predicted octanol–water partition coefficient (Wildman–Crippen LogP) is 3.27. The molecule has 9 nitrogen and oxygen atoms in total. The van der Waals surface area contributed by atoms with Crippen LogP contribution in [0.4, 0.5) is 15.3 Å². The highest BCUT2D eigenvalue weighted by Crippen LogP contribution is 2.29. The van der Waals surface area contributed by atoms with Crippen LogP contribution in [0.3, 0.4) is 0 Å². The summed E-state index contributed by atoms with van der Waals surface area (Å²) in [5.74, 6) is -0.201. The highest BCUT2D eigenvalue weighted by Gasteiger charge is 2.34. The lowest BCUT2D eigenvalue weighted by Crippen LogP contribution is -2.27. The molecular formula is C20H21N3O6S. The maximum absolute atomic E-state index is 12.6. The van der Waals surface area contributed by atoms with Crippen molar-refractivity contribution in [1.82, 2.24) is 5.32 Å². The largest absolute Gasteiger partial charge is 0.508 e. The van der Waals surface area contributed by atoms with E-state index in [0.717, 1.165) is 16.0 Å². The Morgan fingerprint density at radius 3 is 2.70 bits per heavy atom. The van der Waals surface area contributed by atoms with Crippen molar-refractivity contribution >= 4 is 41.3 Å². The lowest BCUT2D eigenvalue weighted by molar-refractivity contribution is -0.117. The molecule has 2 aliphatic rings. The first kappa shape index (κ1) is 21.4. The van der Waals surface area contributed by atoms with Crippen molar-refractivity contribution < 1.29 is 29.0 Å². The highest BCUT2D eigenvalue weighted by molar-refractivity contribution is 8.03. The van der Waals surface area contributed by atoms with E-state index >= 15 is 0 Å². The van der Waals surface area contributed by atoms with E-state index < -0.39 is 18.5 Å². The van der Waals surface area contributed by atoms with Crippen molar-refractivity contribution in [1.29, 1.82) is 5.41 Å². The van der Waals surface area contributed by atoms with Crippen LogP contribution in [0.5, 0.6) is 0 Å². The zero-order chi connectivity index (χ0) is 21.8. The minimum absolute atomic E-state index is 0.0340. The second kappa shape index (κ2) is 9.04. The van der Waals surface area contributed by atoms with Gasteiger partial charge in [0.05, 0.1) is 0 Å².